The Balaban J connectivity index is 1.51. The van der Waals surface area contributed by atoms with Crippen molar-refractivity contribution in [3.8, 4) is 0 Å². The number of hydrogen-bond acceptors (Lipinski definition) is 3. The lowest BCUT2D eigenvalue weighted by Gasteiger charge is -2.20. The summed E-state index contributed by atoms with van der Waals surface area (Å²) in [7, 11) is -3.33. The Hall–Kier alpha value is -2.80. The van der Waals surface area contributed by atoms with E-state index < -0.39 is 10.0 Å². The third kappa shape index (κ3) is 3.75. The van der Waals surface area contributed by atoms with Crippen LogP contribution in [-0.2, 0) is 22.9 Å². The van der Waals surface area contributed by atoms with Gasteiger partial charge in [0.25, 0.3) is 5.91 Å². The van der Waals surface area contributed by atoms with Crippen LogP contribution in [0.5, 0.6) is 0 Å². The Kier molecular flexibility index (Phi) is 4.63. The summed E-state index contributed by atoms with van der Waals surface area (Å²) < 4.78 is 25.0. The molecule has 146 valence electrons. The maximum Gasteiger partial charge on any atom is 0.253 e. The number of aromatic amines is 1. The largest absolute Gasteiger partial charge is 0.358 e. The third-order valence-electron chi connectivity index (χ3n) is 5.14. The van der Waals surface area contributed by atoms with E-state index >= 15 is 0 Å². The van der Waals surface area contributed by atoms with Crippen LogP contribution in [0.4, 0.5) is 5.69 Å². The van der Waals surface area contributed by atoms with Gasteiger partial charge in [-0.2, -0.15) is 0 Å². The van der Waals surface area contributed by atoms with Gasteiger partial charge in [0.15, 0.2) is 0 Å². The van der Waals surface area contributed by atoms with Gasteiger partial charge in [0.05, 0.1) is 6.26 Å². The molecule has 0 atom stereocenters. The van der Waals surface area contributed by atoms with E-state index in [1.54, 1.807) is 24.3 Å². The van der Waals surface area contributed by atoms with Gasteiger partial charge in [-0.05, 0) is 55.3 Å². The van der Waals surface area contributed by atoms with Crippen molar-refractivity contribution in [1.29, 1.82) is 0 Å². The molecule has 1 aliphatic rings. The second kappa shape index (κ2) is 6.98. The van der Waals surface area contributed by atoms with Crippen LogP contribution in [0.25, 0.3) is 10.9 Å². The molecule has 1 amide bonds. The van der Waals surface area contributed by atoms with Gasteiger partial charge < -0.3 is 9.88 Å². The summed E-state index contributed by atoms with van der Waals surface area (Å²) >= 11 is 0. The number of benzene rings is 2. The van der Waals surface area contributed by atoms with Gasteiger partial charge in [0, 0.05) is 47.4 Å². The summed E-state index contributed by atoms with van der Waals surface area (Å²) in [5.74, 6) is -0.0310. The van der Waals surface area contributed by atoms with Gasteiger partial charge in [-0.15, -0.1) is 0 Å². The first-order valence-electron chi connectivity index (χ1n) is 9.27. The molecule has 0 radical (unpaired) electrons. The average Bonchev–Trinajstić information content (AvgIpc) is 2.84. The van der Waals surface area contributed by atoms with Crippen LogP contribution in [-0.4, -0.2) is 43.6 Å². The van der Waals surface area contributed by atoms with Crippen molar-refractivity contribution < 1.29 is 13.2 Å². The smallest absolute Gasteiger partial charge is 0.253 e. The first kappa shape index (κ1) is 18.6. The Labute approximate surface area is 164 Å². The van der Waals surface area contributed by atoms with Crippen molar-refractivity contribution in [2.45, 2.75) is 19.8 Å². The van der Waals surface area contributed by atoms with Crippen molar-refractivity contribution in [2.75, 3.05) is 24.1 Å². The summed E-state index contributed by atoms with van der Waals surface area (Å²) in [5.41, 5.74) is 5.92. The molecule has 7 heteroatoms. The fourth-order valence-electron chi connectivity index (χ4n) is 3.80. The number of nitrogens with zero attached hydrogens (tertiary/aromatic N) is 1. The van der Waals surface area contributed by atoms with E-state index in [2.05, 4.69) is 34.8 Å². The number of sulfonamides is 1. The molecule has 0 saturated carbocycles. The molecular formula is C21H23N3O3S. The molecule has 0 aliphatic carbocycles. The Morgan fingerprint density at radius 2 is 1.79 bits per heavy atom. The monoisotopic (exact) mass is 397 g/mol. The third-order valence-corrected chi connectivity index (χ3v) is 5.74. The van der Waals surface area contributed by atoms with Gasteiger partial charge >= 0.3 is 0 Å². The van der Waals surface area contributed by atoms with E-state index in [0.717, 1.165) is 24.6 Å². The molecule has 3 aromatic rings. The van der Waals surface area contributed by atoms with Crippen LogP contribution < -0.4 is 4.72 Å². The van der Waals surface area contributed by atoms with Crippen LogP contribution >= 0.6 is 0 Å². The SMILES string of the molecule is Cc1ccc2[nH]c3c(c2c1)CCN(C(=O)c1ccc(NS(C)(=O)=O)cc1)CC3. The zero-order chi connectivity index (χ0) is 19.9. The minimum Gasteiger partial charge on any atom is -0.358 e. The number of carbonyl (C=O) groups is 1. The Morgan fingerprint density at radius 1 is 1.07 bits per heavy atom. The summed E-state index contributed by atoms with van der Waals surface area (Å²) in [4.78, 5) is 18.3. The van der Waals surface area contributed by atoms with Crippen LogP contribution in [0.2, 0.25) is 0 Å². The predicted octanol–water partition coefficient (Wildman–Crippen LogP) is 3.09. The maximum atomic E-state index is 12.9. The quantitative estimate of drug-likeness (QED) is 0.712. The maximum absolute atomic E-state index is 12.9. The minimum absolute atomic E-state index is 0.0310. The van der Waals surface area contributed by atoms with E-state index in [1.807, 2.05) is 4.90 Å². The minimum atomic E-state index is -3.33. The number of aromatic nitrogens is 1. The molecule has 28 heavy (non-hydrogen) atoms. The zero-order valence-corrected chi connectivity index (χ0v) is 16.8. The molecule has 0 saturated heterocycles. The topological polar surface area (TPSA) is 82.3 Å². The van der Waals surface area contributed by atoms with E-state index in [4.69, 9.17) is 0 Å². The molecule has 2 aromatic carbocycles. The zero-order valence-electron chi connectivity index (χ0n) is 16.0. The summed E-state index contributed by atoms with van der Waals surface area (Å²) in [6, 6.07) is 13.0. The molecule has 0 unspecified atom stereocenters. The van der Waals surface area contributed by atoms with E-state index in [-0.39, 0.29) is 5.91 Å². The van der Waals surface area contributed by atoms with E-state index in [0.29, 0.717) is 24.3 Å². The van der Waals surface area contributed by atoms with Crippen molar-refractivity contribution in [1.82, 2.24) is 9.88 Å². The molecule has 1 aliphatic heterocycles. The van der Waals surface area contributed by atoms with E-state index in [1.165, 1.54) is 22.2 Å². The van der Waals surface area contributed by atoms with Gasteiger partial charge in [0.2, 0.25) is 10.0 Å². The molecule has 2 N–H and O–H groups in total. The number of amides is 1. The normalized spacial score (nSPS) is 14.6. The number of fused-ring (bicyclic) bond motifs is 3. The second-order valence-corrected chi connectivity index (χ2v) is 9.12. The van der Waals surface area contributed by atoms with Crippen molar-refractivity contribution >= 4 is 32.5 Å². The average molecular weight is 398 g/mol. The van der Waals surface area contributed by atoms with Crippen LogP contribution in [0, 0.1) is 6.92 Å². The van der Waals surface area contributed by atoms with Crippen molar-refractivity contribution in [2.24, 2.45) is 0 Å². The van der Waals surface area contributed by atoms with Crippen LogP contribution in [0.3, 0.4) is 0 Å². The standard InChI is InChI=1S/C21H23N3O3S/c1-14-3-8-19-18(13-14)17-9-11-24(12-10-20(17)22-19)21(25)15-4-6-16(7-5-15)23-28(2,26)27/h3-8,13,22-23H,9-12H2,1-2H3. The van der Waals surface area contributed by atoms with E-state index in [9.17, 15) is 13.2 Å². The number of rotatable bonds is 3. The Bertz CT molecular complexity index is 1150. The molecule has 0 fully saturated rings. The van der Waals surface area contributed by atoms with Crippen LogP contribution in [0.1, 0.15) is 27.2 Å². The molecular weight excluding hydrogens is 374 g/mol. The Morgan fingerprint density at radius 3 is 2.50 bits per heavy atom. The predicted molar refractivity (Wildman–Crippen MR) is 111 cm³/mol. The molecule has 6 nitrogen and oxygen atoms in total. The number of H-pyrrole nitrogens is 1. The van der Waals surface area contributed by atoms with Gasteiger partial charge in [-0.3, -0.25) is 9.52 Å². The fourth-order valence-corrected chi connectivity index (χ4v) is 4.37. The molecule has 0 spiro atoms. The highest BCUT2D eigenvalue weighted by Gasteiger charge is 2.22. The van der Waals surface area contributed by atoms with Gasteiger partial charge in [-0.1, -0.05) is 11.6 Å². The lowest BCUT2D eigenvalue weighted by atomic mass is 10.1. The summed E-state index contributed by atoms with van der Waals surface area (Å²) in [6.45, 7) is 3.41. The highest BCUT2D eigenvalue weighted by molar-refractivity contribution is 7.92. The summed E-state index contributed by atoms with van der Waals surface area (Å²) in [6.07, 6.45) is 2.71. The summed E-state index contributed by atoms with van der Waals surface area (Å²) in [5, 5.41) is 1.25. The highest BCUT2D eigenvalue weighted by atomic mass is 32.2. The highest BCUT2D eigenvalue weighted by Crippen LogP contribution is 2.27. The molecule has 2 heterocycles. The lowest BCUT2D eigenvalue weighted by Crippen LogP contribution is -2.33. The number of nitrogens with one attached hydrogen (secondary N) is 2. The first-order valence-corrected chi connectivity index (χ1v) is 11.2. The number of hydrogen-bond donors (Lipinski definition) is 2. The van der Waals surface area contributed by atoms with Crippen molar-refractivity contribution in [3.05, 3.63) is 64.8 Å². The number of aryl methyl sites for hydroxylation is 1. The number of anilines is 1. The van der Waals surface area contributed by atoms with Gasteiger partial charge in [0.1, 0.15) is 0 Å². The number of carbonyl (C=O) groups excluding carboxylic acids is 1. The molecule has 1 aromatic heterocycles. The second-order valence-electron chi connectivity index (χ2n) is 7.37. The van der Waals surface area contributed by atoms with Crippen LogP contribution in [0.15, 0.2) is 42.5 Å². The first-order chi connectivity index (χ1) is 13.3. The molecule has 4 rings (SSSR count). The van der Waals surface area contributed by atoms with Gasteiger partial charge in [-0.25, -0.2) is 8.42 Å². The molecule has 0 bridgehead atoms. The fraction of sp³-hybridized carbons (Fsp3) is 0.286. The lowest BCUT2D eigenvalue weighted by molar-refractivity contribution is 0.0763. The van der Waals surface area contributed by atoms with Crippen molar-refractivity contribution in [3.63, 3.8) is 0 Å².